The summed E-state index contributed by atoms with van der Waals surface area (Å²) in [6.45, 7) is 14.9. The maximum absolute atomic E-state index is 13.7. The molecule has 2 N–H and O–H groups in total. The van der Waals surface area contributed by atoms with Crippen LogP contribution >= 0.6 is 11.3 Å². The molecule has 1 aromatic heterocycles. The molecule has 3 amide bonds. The van der Waals surface area contributed by atoms with Gasteiger partial charge in [-0.15, -0.1) is 11.3 Å². The zero-order chi connectivity index (χ0) is 29.2. The maximum atomic E-state index is 13.7. The molecule has 0 spiro atoms. The lowest BCUT2D eigenvalue weighted by molar-refractivity contribution is -0.137. The minimum absolute atomic E-state index is 0.0386. The van der Waals surface area contributed by atoms with E-state index in [4.69, 9.17) is 14.2 Å². The number of ether oxygens (including phenoxy) is 3. The molecule has 0 aliphatic carbocycles. The van der Waals surface area contributed by atoms with Crippen LogP contribution in [0.15, 0.2) is 5.38 Å². The van der Waals surface area contributed by atoms with Crippen LogP contribution in [0.3, 0.4) is 0 Å². The molecule has 0 aromatic carbocycles. The minimum Gasteiger partial charge on any atom is -0.461 e. The standard InChI is InChI=1S/C26H44N4O7S/c1-11-16(5)20(29-25(34)37-26(6,7)8)22(31)30(10)18(15(3)4)13-19(36-24(33)27-9)21-28-17(14-38-21)23(32)35-12-2/h14-16,18-20H,11-13H2,1-10H3,(H,27,33)(H,29,34)/t16-,18+,19+,20-/m0/s1. The van der Waals surface area contributed by atoms with Crippen LogP contribution in [-0.2, 0) is 19.0 Å². The predicted octanol–water partition coefficient (Wildman–Crippen LogP) is 4.53. The summed E-state index contributed by atoms with van der Waals surface area (Å²) in [5.41, 5.74) is -0.582. The van der Waals surface area contributed by atoms with Crippen LogP contribution in [-0.4, -0.2) is 72.3 Å². The minimum atomic E-state index is -0.827. The van der Waals surface area contributed by atoms with Crippen LogP contribution in [0.4, 0.5) is 9.59 Å². The SMILES string of the molecule is CCOC(=O)c1csc([C@@H](C[C@H](C(C)C)N(C)C(=O)[C@@H](NC(=O)OC(C)(C)C)[C@@H](C)CC)OC(=O)NC)n1. The Kier molecular flexibility index (Phi) is 13.0. The summed E-state index contributed by atoms with van der Waals surface area (Å²) in [5.74, 6) is -1.04. The molecule has 0 unspecified atom stereocenters. The molecule has 12 heteroatoms. The lowest BCUT2D eigenvalue weighted by Crippen LogP contribution is -2.55. The van der Waals surface area contributed by atoms with Gasteiger partial charge in [0.1, 0.15) is 16.7 Å². The average Bonchev–Trinajstić information content (AvgIpc) is 3.32. The lowest BCUT2D eigenvalue weighted by atomic mass is 9.93. The van der Waals surface area contributed by atoms with Gasteiger partial charge in [-0.1, -0.05) is 34.1 Å². The van der Waals surface area contributed by atoms with E-state index in [1.807, 2.05) is 27.7 Å². The van der Waals surface area contributed by atoms with E-state index in [2.05, 4.69) is 15.6 Å². The van der Waals surface area contributed by atoms with E-state index in [1.165, 1.54) is 18.4 Å². The number of hydrogen-bond acceptors (Lipinski definition) is 9. The number of amides is 3. The number of aromatic nitrogens is 1. The molecule has 0 saturated carbocycles. The van der Waals surface area contributed by atoms with Gasteiger partial charge in [0.25, 0.3) is 0 Å². The van der Waals surface area contributed by atoms with Crippen molar-refractivity contribution in [2.75, 3.05) is 20.7 Å². The third-order valence-electron chi connectivity index (χ3n) is 5.96. The van der Waals surface area contributed by atoms with Crippen molar-refractivity contribution in [3.8, 4) is 0 Å². The van der Waals surface area contributed by atoms with Crippen molar-refractivity contribution in [3.05, 3.63) is 16.1 Å². The highest BCUT2D eigenvalue weighted by Crippen LogP contribution is 2.31. The topological polar surface area (TPSA) is 136 Å². The van der Waals surface area contributed by atoms with Crippen LogP contribution in [0.1, 0.15) is 89.8 Å². The van der Waals surface area contributed by atoms with Crippen molar-refractivity contribution >= 4 is 35.4 Å². The van der Waals surface area contributed by atoms with Gasteiger partial charge in [0.15, 0.2) is 11.8 Å². The quantitative estimate of drug-likeness (QED) is 0.283. The number of carbonyl (C=O) groups is 4. The number of nitrogens with zero attached hydrogens (tertiary/aromatic N) is 2. The fraction of sp³-hybridized carbons (Fsp3) is 0.731. The van der Waals surface area contributed by atoms with Crippen molar-refractivity contribution in [2.24, 2.45) is 11.8 Å². The van der Waals surface area contributed by atoms with E-state index >= 15 is 0 Å². The van der Waals surface area contributed by atoms with Gasteiger partial charge in [0.05, 0.1) is 6.61 Å². The Bertz CT molecular complexity index is 944. The van der Waals surface area contributed by atoms with Gasteiger partial charge in [-0.05, 0) is 39.5 Å². The second kappa shape index (κ2) is 14.9. The van der Waals surface area contributed by atoms with E-state index in [0.29, 0.717) is 11.4 Å². The molecule has 0 aliphatic heterocycles. The maximum Gasteiger partial charge on any atom is 0.408 e. The molecular weight excluding hydrogens is 512 g/mol. The molecule has 1 aromatic rings. The first-order valence-electron chi connectivity index (χ1n) is 12.9. The van der Waals surface area contributed by atoms with Gasteiger partial charge in [-0.2, -0.15) is 0 Å². The second-order valence-corrected chi connectivity index (χ2v) is 11.3. The van der Waals surface area contributed by atoms with E-state index < -0.39 is 35.9 Å². The van der Waals surface area contributed by atoms with Crippen molar-refractivity contribution in [1.29, 1.82) is 0 Å². The molecule has 11 nitrogen and oxygen atoms in total. The lowest BCUT2D eigenvalue weighted by Gasteiger charge is -2.37. The van der Waals surface area contributed by atoms with Gasteiger partial charge in [0, 0.05) is 31.9 Å². The summed E-state index contributed by atoms with van der Waals surface area (Å²) >= 11 is 1.17. The summed E-state index contributed by atoms with van der Waals surface area (Å²) in [5, 5.41) is 7.14. The van der Waals surface area contributed by atoms with Crippen LogP contribution < -0.4 is 10.6 Å². The van der Waals surface area contributed by atoms with Gasteiger partial charge in [-0.25, -0.2) is 19.4 Å². The third kappa shape index (κ3) is 10.1. The third-order valence-corrected chi connectivity index (χ3v) is 6.89. The number of alkyl carbamates (subject to hydrolysis) is 2. The monoisotopic (exact) mass is 556 g/mol. The van der Waals surface area contributed by atoms with Crippen LogP contribution in [0.2, 0.25) is 0 Å². The Labute approximate surface area is 230 Å². The Balaban J connectivity index is 3.26. The molecule has 0 radical (unpaired) electrons. The van der Waals surface area contributed by atoms with E-state index in [-0.39, 0.29) is 42.5 Å². The molecule has 0 bridgehead atoms. The number of hydrogen-bond donors (Lipinski definition) is 2. The van der Waals surface area contributed by atoms with Crippen LogP contribution in [0.5, 0.6) is 0 Å². The Hall–Kier alpha value is -2.89. The molecule has 0 fully saturated rings. The number of likely N-dealkylation sites (N-methyl/N-ethyl adjacent to an activating group) is 1. The Morgan fingerprint density at radius 1 is 1.11 bits per heavy atom. The van der Waals surface area contributed by atoms with Crippen molar-refractivity contribution < 1.29 is 33.4 Å². The highest BCUT2D eigenvalue weighted by Gasteiger charge is 2.36. The Morgan fingerprint density at radius 3 is 2.24 bits per heavy atom. The molecule has 0 aliphatic rings. The summed E-state index contributed by atoms with van der Waals surface area (Å²) in [4.78, 5) is 56.5. The Morgan fingerprint density at radius 2 is 1.74 bits per heavy atom. The van der Waals surface area contributed by atoms with E-state index in [9.17, 15) is 19.2 Å². The molecule has 1 rings (SSSR count). The van der Waals surface area contributed by atoms with Crippen LogP contribution in [0, 0.1) is 11.8 Å². The van der Waals surface area contributed by atoms with Gasteiger partial charge >= 0.3 is 18.2 Å². The zero-order valence-electron chi connectivity index (χ0n) is 24.2. The van der Waals surface area contributed by atoms with Gasteiger partial charge in [-0.3, -0.25) is 4.79 Å². The number of carbonyl (C=O) groups excluding carboxylic acids is 4. The first-order chi connectivity index (χ1) is 17.6. The summed E-state index contributed by atoms with van der Waals surface area (Å²) < 4.78 is 16.0. The molecule has 4 atom stereocenters. The van der Waals surface area contributed by atoms with Crippen molar-refractivity contribution in [2.45, 2.75) is 92.0 Å². The molecule has 38 heavy (non-hydrogen) atoms. The summed E-state index contributed by atoms with van der Waals surface area (Å²) in [6.07, 6.45) is -1.27. The smallest absolute Gasteiger partial charge is 0.408 e. The summed E-state index contributed by atoms with van der Waals surface area (Å²) in [7, 11) is 3.11. The number of rotatable bonds is 12. The zero-order valence-corrected chi connectivity index (χ0v) is 25.1. The largest absolute Gasteiger partial charge is 0.461 e. The normalized spacial score (nSPS) is 14.6. The first-order valence-corrected chi connectivity index (χ1v) is 13.8. The molecule has 0 saturated heterocycles. The van der Waals surface area contributed by atoms with Gasteiger partial charge < -0.3 is 29.7 Å². The second-order valence-electron chi connectivity index (χ2n) is 10.4. The molecule has 216 valence electrons. The van der Waals surface area contributed by atoms with Gasteiger partial charge in [0.2, 0.25) is 5.91 Å². The van der Waals surface area contributed by atoms with Crippen LogP contribution in [0.25, 0.3) is 0 Å². The fourth-order valence-electron chi connectivity index (χ4n) is 3.72. The number of esters is 1. The van der Waals surface area contributed by atoms with Crippen molar-refractivity contribution in [1.82, 2.24) is 20.5 Å². The predicted molar refractivity (Wildman–Crippen MR) is 145 cm³/mol. The highest BCUT2D eigenvalue weighted by atomic mass is 32.1. The van der Waals surface area contributed by atoms with E-state index in [1.54, 1.807) is 45.0 Å². The van der Waals surface area contributed by atoms with Crippen molar-refractivity contribution in [3.63, 3.8) is 0 Å². The number of nitrogens with one attached hydrogen (secondary N) is 2. The first kappa shape index (κ1) is 33.1. The highest BCUT2D eigenvalue weighted by molar-refractivity contribution is 7.09. The molecule has 1 heterocycles. The molecular formula is C26H44N4O7S. The summed E-state index contributed by atoms with van der Waals surface area (Å²) in [6, 6.07) is -1.20. The fourth-order valence-corrected chi connectivity index (χ4v) is 4.55. The average molecular weight is 557 g/mol. The van der Waals surface area contributed by atoms with E-state index in [0.717, 1.165) is 0 Å². The number of thiazole rings is 1.